The summed E-state index contributed by atoms with van der Waals surface area (Å²) in [7, 11) is 0. The second kappa shape index (κ2) is 8.35. The van der Waals surface area contributed by atoms with Gasteiger partial charge in [0.15, 0.2) is 0 Å². The van der Waals surface area contributed by atoms with Crippen LogP contribution in [0.15, 0.2) is 48.7 Å². The highest BCUT2D eigenvalue weighted by molar-refractivity contribution is 6.07. The molecule has 0 fully saturated rings. The van der Waals surface area contributed by atoms with E-state index in [0.717, 1.165) is 6.42 Å². The van der Waals surface area contributed by atoms with Crippen LogP contribution in [0.2, 0.25) is 0 Å². The monoisotopic (exact) mass is 281 g/mol. The second-order valence-corrected chi connectivity index (χ2v) is 5.41. The Balaban J connectivity index is 1.88. The summed E-state index contributed by atoms with van der Waals surface area (Å²) in [6.07, 6.45) is 9.21. The third-order valence-electron chi connectivity index (χ3n) is 3.68. The Hall–Kier alpha value is -1.96. The van der Waals surface area contributed by atoms with Crippen molar-refractivity contribution < 1.29 is 4.79 Å². The lowest BCUT2D eigenvalue weighted by Crippen LogP contribution is -2.03. The van der Waals surface area contributed by atoms with Gasteiger partial charge in [0.1, 0.15) is 5.69 Å². The van der Waals surface area contributed by atoms with Gasteiger partial charge < -0.3 is 0 Å². The Morgan fingerprint density at radius 2 is 1.71 bits per heavy atom. The molecule has 0 atom stereocenters. The quantitative estimate of drug-likeness (QED) is 0.512. The molecule has 21 heavy (non-hydrogen) atoms. The van der Waals surface area contributed by atoms with Gasteiger partial charge in [0.25, 0.3) is 0 Å². The van der Waals surface area contributed by atoms with E-state index in [1.165, 1.54) is 37.7 Å². The summed E-state index contributed by atoms with van der Waals surface area (Å²) in [5.41, 5.74) is 2.53. The third kappa shape index (κ3) is 4.82. The van der Waals surface area contributed by atoms with Gasteiger partial charge in [0.2, 0.25) is 5.78 Å². The Bertz CT molecular complexity index is 546. The van der Waals surface area contributed by atoms with Gasteiger partial charge in [-0.2, -0.15) is 0 Å². The molecule has 2 rings (SSSR count). The van der Waals surface area contributed by atoms with Gasteiger partial charge in [-0.25, -0.2) is 0 Å². The zero-order valence-electron chi connectivity index (χ0n) is 12.7. The Morgan fingerprint density at radius 1 is 0.952 bits per heavy atom. The summed E-state index contributed by atoms with van der Waals surface area (Å²) in [4.78, 5) is 16.3. The fraction of sp³-hybridized carbons (Fsp3) is 0.368. The summed E-state index contributed by atoms with van der Waals surface area (Å²) < 4.78 is 0. The zero-order chi connectivity index (χ0) is 14.9. The highest BCUT2D eigenvalue weighted by Gasteiger charge is 2.09. The van der Waals surface area contributed by atoms with E-state index in [1.54, 1.807) is 12.3 Å². The molecule has 0 radical (unpaired) electrons. The molecule has 110 valence electrons. The average molecular weight is 281 g/mol. The third-order valence-corrected chi connectivity index (χ3v) is 3.68. The predicted molar refractivity (Wildman–Crippen MR) is 86.6 cm³/mol. The SMILES string of the molecule is CCCCCCCc1ccc(C(=O)c2ccccn2)cc1. The van der Waals surface area contributed by atoms with Gasteiger partial charge in [-0.15, -0.1) is 0 Å². The van der Waals surface area contributed by atoms with Crippen LogP contribution >= 0.6 is 0 Å². The maximum absolute atomic E-state index is 12.2. The number of aryl methyl sites for hydroxylation is 1. The fourth-order valence-electron chi connectivity index (χ4n) is 2.40. The number of carbonyl (C=O) groups excluding carboxylic acids is 1. The molecular formula is C19H23NO. The largest absolute Gasteiger partial charge is 0.287 e. The van der Waals surface area contributed by atoms with E-state index in [-0.39, 0.29) is 5.78 Å². The number of ketones is 1. The van der Waals surface area contributed by atoms with Crippen LogP contribution in [-0.2, 0) is 6.42 Å². The van der Waals surface area contributed by atoms with Crippen LogP contribution < -0.4 is 0 Å². The van der Waals surface area contributed by atoms with Crippen LogP contribution in [0.25, 0.3) is 0 Å². The van der Waals surface area contributed by atoms with Crippen LogP contribution in [0.1, 0.15) is 60.6 Å². The van der Waals surface area contributed by atoms with Gasteiger partial charge >= 0.3 is 0 Å². The number of hydrogen-bond donors (Lipinski definition) is 0. The fourth-order valence-corrected chi connectivity index (χ4v) is 2.40. The van der Waals surface area contributed by atoms with Crippen molar-refractivity contribution in [3.63, 3.8) is 0 Å². The van der Waals surface area contributed by atoms with E-state index in [2.05, 4.69) is 24.0 Å². The van der Waals surface area contributed by atoms with E-state index in [4.69, 9.17) is 0 Å². The summed E-state index contributed by atoms with van der Waals surface area (Å²) in [5.74, 6) is -0.00917. The molecule has 0 saturated heterocycles. The van der Waals surface area contributed by atoms with Crippen LogP contribution in [-0.4, -0.2) is 10.8 Å². The van der Waals surface area contributed by atoms with Gasteiger partial charge in [-0.1, -0.05) is 62.9 Å². The molecule has 1 heterocycles. The minimum absolute atomic E-state index is 0.00917. The Kier molecular flexibility index (Phi) is 6.14. The number of aromatic nitrogens is 1. The minimum Gasteiger partial charge on any atom is -0.287 e. The number of pyridine rings is 1. The lowest BCUT2D eigenvalue weighted by molar-refractivity contribution is 0.103. The normalized spacial score (nSPS) is 10.5. The Labute approximate surface area is 127 Å². The van der Waals surface area contributed by atoms with E-state index in [1.807, 2.05) is 24.3 Å². The molecule has 0 aliphatic heterocycles. The van der Waals surface area contributed by atoms with Gasteiger partial charge in [0.05, 0.1) is 0 Å². The summed E-state index contributed by atoms with van der Waals surface area (Å²) in [6.45, 7) is 2.23. The predicted octanol–water partition coefficient (Wildman–Crippen LogP) is 4.83. The smallest absolute Gasteiger partial charge is 0.211 e. The first-order chi connectivity index (χ1) is 10.3. The molecule has 1 aromatic carbocycles. The van der Waals surface area contributed by atoms with Gasteiger partial charge in [-0.05, 0) is 30.5 Å². The summed E-state index contributed by atoms with van der Waals surface area (Å²) in [6, 6.07) is 13.4. The molecule has 0 N–H and O–H groups in total. The van der Waals surface area contributed by atoms with Crippen LogP contribution in [0, 0.1) is 0 Å². The average Bonchev–Trinajstić information content (AvgIpc) is 2.55. The van der Waals surface area contributed by atoms with Crippen molar-refractivity contribution in [2.24, 2.45) is 0 Å². The van der Waals surface area contributed by atoms with E-state index < -0.39 is 0 Å². The first kappa shape index (κ1) is 15.4. The van der Waals surface area contributed by atoms with Gasteiger partial charge in [0, 0.05) is 11.8 Å². The molecule has 2 aromatic rings. The van der Waals surface area contributed by atoms with E-state index in [9.17, 15) is 4.79 Å². The van der Waals surface area contributed by atoms with Crippen molar-refractivity contribution in [2.75, 3.05) is 0 Å². The maximum Gasteiger partial charge on any atom is 0.211 e. The summed E-state index contributed by atoms with van der Waals surface area (Å²) >= 11 is 0. The van der Waals surface area contributed by atoms with Crippen molar-refractivity contribution in [1.29, 1.82) is 0 Å². The topological polar surface area (TPSA) is 30.0 Å². The molecule has 0 unspecified atom stereocenters. The van der Waals surface area contributed by atoms with Crippen molar-refractivity contribution in [1.82, 2.24) is 4.98 Å². The van der Waals surface area contributed by atoms with Crippen molar-refractivity contribution >= 4 is 5.78 Å². The molecule has 0 saturated carbocycles. The lowest BCUT2D eigenvalue weighted by Gasteiger charge is -2.04. The molecule has 0 spiro atoms. The molecular weight excluding hydrogens is 258 g/mol. The molecule has 2 nitrogen and oxygen atoms in total. The van der Waals surface area contributed by atoms with Gasteiger partial charge in [-0.3, -0.25) is 9.78 Å². The number of unbranched alkanes of at least 4 members (excludes halogenated alkanes) is 4. The number of hydrogen-bond acceptors (Lipinski definition) is 2. The number of carbonyl (C=O) groups is 1. The first-order valence-corrected chi connectivity index (χ1v) is 7.86. The second-order valence-electron chi connectivity index (χ2n) is 5.41. The molecule has 0 aliphatic carbocycles. The molecule has 0 amide bonds. The first-order valence-electron chi connectivity index (χ1n) is 7.86. The molecule has 1 aromatic heterocycles. The molecule has 0 aliphatic rings. The molecule has 0 bridgehead atoms. The van der Waals surface area contributed by atoms with E-state index in [0.29, 0.717) is 11.3 Å². The lowest BCUT2D eigenvalue weighted by atomic mass is 10.0. The Morgan fingerprint density at radius 3 is 2.38 bits per heavy atom. The van der Waals surface area contributed by atoms with E-state index >= 15 is 0 Å². The minimum atomic E-state index is -0.00917. The molecule has 2 heteroatoms. The van der Waals surface area contributed by atoms with Crippen LogP contribution in [0.4, 0.5) is 0 Å². The standard InChI is InChI=1S/C19H23NO/c1-2-3-4-5-6-9-16-11-13-17(14-12-16)19(21)18-10-7-8-15-20-18/h7-8,10-15H,2-6,9H2,1H3. The van der Waals surface area contributed by atoms with Crippen LogP contribution in [0.5, 0.6) is 0 Å². The summed E-state index contributed by atoms with van der Waals surface area (Å²) in [5, 5.41) is 0. The highest BCUT2D eigenvalue weighted by Crippen LogP contribution is 2.12. The maximum atomic E-state index is 12.2. The highest BCUT2D eigenvalue weighted by atomic mass is 16.1. The van der Waals surface area contributed by atoms with Crippen molar-refractivity contribution in [3.8, 4) is 0 Å². The van der Waals surface area contributed by atoms with Crippen molar-refractivity contribution in [3.05, 3.63) is 65.5 Å². The number of rotatable bonds is 8. The van der Waals surface area contributed by atoms with Crippen molar-refractivity contribution in [2.45, 2.75) is 45.4 Å². The number of benzene rings is 1. The zero-order valence-corrected chi connectivity index (χ0v) is 12.7. The van der Waals surface area contributed by atoms with Crippen LogP contribution in [0.3, 0.4) is 0 Å². The number of nitrogens with zero attached hydrogens (tertiary/aromatic N) is 1.